The molecule has 0 bridgehead atoms. The standard InChI is InChI=1S/C19H28N4O3/c1-2-15-5-3-4-8-23(15)17-14-20-16(13-21-17)18(24)22-9-6-19(7-10-22)25-11-12-26-19/h13-15H,2-12H2,1H3. The Balaban J connectivity index is 1.39. The molecule has 1 spiro atoms. The minimum Gasteiger partial charge on any atom is -0.352 e. The molecule has 1 unspecified atom stereocenters. The van der Waals surface area contributed by atoms with Crippen molar-refractivity contribution >= 4 is 11.7 Å². The molecule has 0 N–H and O–H groups in total. The Labute approximate surface area is 154 Å². The van der Waals surface area contributed by atoms with Crippen LogP contribution in [0.3, 0.4) is 0 Å². The Morgan fingerprint density at radius 1 is 1.15 bits per heavy atom. The van der Waals surface area contributed by atoms with Crippen molar-refractivity contribution in [3.63, 3.8) is 0 Å². The highest BCUT2D eigenvalue weighted by molar-refractivity contribution is 5.92. The average Bonchev–Trinajstić information content (AvgIpc) is 3.16. The summed E-state index contributed by atoms with van der Waals surface area (Å²) in [6.07, 6.45) is 9.62. The van der Waals surface area contributed by atoms with Crippen LogP contribution in [-0.4, -0.2) is 65.5 Å². The zero-order valence-corrected chi connectivity index (χ0v) is 15.5. The van der Waals surface area contributed by atoms with E-state index >= 15 is 0 Å². The maximum atomic E-state index is 12.7. The number of likely N-dealkylation sites (tertiary alicyclic amines) is 1. The number of carbonyl (C=O) groups is 1. The molecule has 0 radical (unpaired) electrons. The normalized spacial score (nSPS) is 25.7. The molecule has 1 aromatic rings. The fourth-order valence-electron chi connectivity index (χ4n) is 4.30. The van der Waals surface area contributed by atoms with E-state index in [2.05, 4.69) is 21.8 Å². The molecule has 0 saturated carbocycles. The van der Waals surface area contributed by atoms with Gasteiger partial charge in [0.25, 0.3) is 5.91 Å². The zero-order chi connectivity index (χ0) is 18.0. The lowest BCUT2D eigenvalue weighted by Crippen LogP contribution is -2.47. The van der Waals surface area contributed by atoms with Gasteiger partial charge in [0.15, 0.2) is 5.79 Å². The molecule has 1 aromatic heterocycles. The zero-order valence-electron chi connectivity index (χ0n) is 15.5. The van der Waals surface area contributed by atoms with Crippen LogP contribution in [-0.2, 0) is 9.47 Å². The first kappa shape index (κ1) is 17.7. The third kappa shape index (κ3) is 3.42. The fraction of sp³-hybridized carbons (Fsp3) is 0.737. The molecule has 0 aliphatic carbocycles. The second kappa shape index (κ2) is 7.48. The molecule has 7 heteroatoms. The van der Waals surface area contributed by atoms with Gasteiger partial charge in [-0.2, -0.15) is 0 Å². The van der Waals surface area contributed by atoms with Crippen LogP contribution in [0.4, 0.5) is 5.82 Å². The Morgan fingerprint density at radius 3 is 2.58 bits per heavy atom. The van der Waals surface area contributed by atoms with Gasteiger partial charge in [0.05, 0.1) is 25.6 Å². The summed E-state index contributed by atoms with van der Waals surface area (Å²) in [6.45, 7) is 5.80. The minimum atomic E-state index is -0.463. The van der Waals surface area contributed by atoms with E-state index in [0.717, 1.165) is 31.6 Å². The van der Waals surface area contributed by atoms with Crippen molar-refractivity contribution in [3.05, 3.63) is 18.1 Å². The van der Waals surface area contributed by atoms with Gasteiger partial charge in [-0.3, -0.25) is 4.79 Å². The third-order valence-corrected chi connectivity index (χ3v) is 5.88. The van der Waals surface area contributed by atoms with Crippen molar-refractivity contribution in [3.8, 4) is 0 Å². The first-order valence-electron chi connectivity index (χ1n) is 9.87. The van der Waals surface area contributed by atoms with Crippen LogP contribution in [0, 0.1) is 0 Å². The summed E-state index contributed by atoms with van der Waals surface area (Å²) < 4.78 is 11.5. The van der Waals surface area contributed by atoms with Gasteiger partial charge in [-0.1, -0.05) is 6.92 Å². The lowest BCUT2D eigenvalue weighted by atomic mass is 10.0. The summed E-state index contributed by atoms with van der Waals surface area (Å²) >= 11 is 0. The van der Waals surface area contributed by atoms with Crippen LogP contribution in [0.2, 0.25) is 0 Å². The van der Waals surface area contributed by atoms with E-state index in [1.807, 2.05) is 4.90 Å². The molecule has 3 saturated heterocycles. The second-order valence-electron chi connectivity index (χ2n) is 7.41. The second-order valence-corrected chi connectivity index (χ2v) is 7.41. The molecule has 4 rings (SSSR count). The molecule has 142 valence electrons. The Morgan fingerprint density at radius 2 is 1.92 bits per heavy atom. The van der Waals surface area contributed by atoms with Crippen molar-refractivity contribution in [1.82, 2.24) is 14.9 Å². The van der Waals surface area contributed by atoms with Gasteiger partial charge in [-0.05, 0) is 25.7 Å². The summed E-state index contributed by atoms with van der Waals surface area (Å²) in [5.74, 6) is 0.372. The van der Waals surface area contributed by atoms with E-state index in [0.29, 0.717) is 38.0 Å². The van der Waals surface area contributed by atoms with Gasteiger partial charge >= 0.3 is 0 Å². The van der Waals surface area contributed by atoms with Gasteiger partial charge in [0.1, 0.15) is 11.5 Å². The van der Waals surface area contributed by atoms with Crippen LogP contribution in [0.5, 0.6) is 0 Å². The summed E-state index contributed by atoms with van der Waals surface area (Å²) in [5.41, 5.74) is 0.419. The maximum Gasteiger partial charge on any atom is 0.274 e. The average molecular weight is 360 g/mol. The molecule has 3 aliphatic heterocycles. The summed E-state index contributed by atoms with van der Waals surface area (Å²) in [5, 5.41) is 0. The van der Waals surface area contributed by atoms with Gasteiger partial charge in [0.2, 0.25) is 0 Å². The van der Waals surface area contributed by atoms with E-state index in [1.165, 1.54) is 19.3 Å². The Kier molecular flexibility index (Phi) is 5.09. The number of aromatic nitrogens is 2. The van der Waals surface area contributed by atoms with Crippen molar-refractivity contribution in [2.45, 2.75) is 57.3 Å². The van der Waals surface area contributed by atoms with Gasteiger partial charge in [-0.15, -0.1) is 0 Å². The van der Waals surface area contributed by atoms with Crippen molar-refractivity contribution in [2.75, 3.05) is 37.7 Å². The van der Waals surface area contributed by atoms with Gasteiger partial charge in [-0.25, -0.2) is 9.97 Å². The first-order valence-corrected chi connectivity index (χ1v) is 9.87. The Hall–Kier alpha value is -1.73. The molecule has 0 aromatic carbocycles. The van der Waals surface area contributed by atoms with E-state index < -0.39 is 5.79 Å². The topological polar surface area (TPSA) is 67.8 Å². The fourth-order valence-corrected chi connectivity index (χ4v) is 4.30. The van der Waals surface area contributed by atoms with Gasteiger partial charge < -0.3 is 19.3 Å². The molecular weight excluding hydrogens is 332 g/mol. The van der Waals surface area contributed by atoms with Crippen molar-refractivity contribution in [2.24, 2.45) is 0 Å². The highest BCUT2D eigenvalue weighted by Gasteiger charge is 2.41. The van der Waals surface area contributed by atoms with E-state index in [4.69, 9.17) is 9.47 Å². The summed E-state index contributed by atoms with van der Waals surface area (Å²) in [4.78, 5) is 25.9. The monoisotopic (exact) mass is 360 g/mol. The van der Waals surface area contributed by atoms with Crippen LogP contribution in [0.1, 0.15) is 55.9 Å². The molecular formula is C19H28N4O3. The number of rotatable bonds is 3. The van der Waals surface area contributed by atoms with Gasteiger partial charge in [0, 0.05) is 38.5 Å². The summed E-state index contributed by atoms with van der Waals surface area (Å²) in [7, 11) is 0. The number of hydrogen-bond donors (Lipinski definition) is 0. The maximum absolute atomic E-state index is 12.7. The SMILES string of the molecule is CCC1CCCCN1c1cnc(C(=O)N2CCC3(CC2)OCCO3)cn1. The number of anilines is 1. The van der Waals surface area contributed by atoms with E-state index in [9.17, 15) is 4.79 Å². The number of carbonyl (C=O) groups excluding carboxylic acids is 1. The minimum absolute atomic E-state index is 0.0532. The van der Waals surface area contributed by atoms with Crippen molar-refractivity contribution < 1.29 is 14.3 Å². The molecule has 4 heterocycles. The number of nitrogens with zero attached hydrogens (tertiary/aromatic N) is 4. The quantitative estimate of drug-likeness (QED) is 0.823. The summed E-state index contributed by atoms with van der Waals surface area (Å²) in [6, 6.07) is 0.532. The number of piperidine rings is 2. The first-order chi connectivity index (χ1) is 12.7. The number of amides is 1. The van der Waals surface area contributed by atoms with Crippen LogP contribution >= 0.6 is 0 Å². The Bertz CT molecular complexity index is 620. The highest BCUT2D eigenvalue weighted by atomic mass is 16.7. The predicted octanol–water partition coefficient (Wildman–Crippen LogP) is 2.22. The molecule has 7 nitrogen and oxygen atoms in total. The molecule has 26 heavy (non-hydrogen) atoms. The molecule has 3 aliphatic rings. The number of hydrogen-bond acceptors (Lipinski definition) is 6. The van der Waals surface area contributed by atoms with Crippen LogP contribution in [0.15, 0.2) is 12.4 Å². The smallest absolute Gasteiger partial charge is 0.274 e. The van der Waals surface area contributed by atoms with Crippen LogP contribution < -0.4 is 4.90 Å². The molecule has 1 atom stereocenters. The molecule has 1 amide bonds. The lowest BCUT2D eigenvalue weighted by molar-refractivity contribution is -0.181. The van der Waals surface area contributed by atoms with Crippen molar-refractivity contribution in [1.29, 1.82) is 0 Å². The van der Waals surface area contributed by atoms with Crippen LogP contribution in [0.25, 0.3) is 0 Å². The van der Waals surface area contributed by atoms with E-state index in [-0.39, 0.29) is 5.91 Å². The largest absolute Gasteiger partial charge is 0.352 e. The predicted molar refractivity (Wildman–Crippen MR) is 97.1 cm³/mol. The lowest BCUT2D eigenvalue weighted by Gasteiger charge is -2.37. The third-order valence-electron chi connectivity index (χ3n) is 5.88. The highest BCUT2D eigenvalue weighted by Crippen LogP contribution is 2.31. The van der Waals surface area contributed by atoms with E-state index in [1.54, 1.807) is 12.4 Å². The number of ether oxygens (including phenoxy) is 2. The molecule has 3 fully saturated rings.